The van der Waals surface area contributed by atoms with Gasteiger partial charge in [0.25, 0.3) is 0 Å². The molecule has 0 unspecified atom stereocenters. The third-order valence-corrected chi connectivity index (χ3v) is 3.23. The fourth-order valence-electron chi connectivity index (χ4n) is 1.21. The Morgan fingerprint density at radius 3 is 2.44 bits per heavy atom. The minimum Gasteiger partial charge on any atom is -0.508 e. The van der Waals surface area contributed by atoms with Crippen LogP contribution >= 0.6 is 35.0 Å². The predicted molar refractivity (Wildman–Crippen MR) is 71.2 cm³/mol. The molecule has 0 atom stereocenters. The Morgan fingerprint density at radius 1 is 1.25 bits per heavy atom. The molecule has 0 fully saturated rings. The molecule has 90 valence electrons. The van der Waals surface area contributed by atoms with Crippen LogP contribution in [0.4, 0.5) is 0 Å². The van der Waals surface area contributed by atoms with Crippen LogP contribution in [0.1, 0.15) is 12.8 Å². The van der Waals surface area contributed by atoms with Gasteiger partial charge in [0.05, 0.1) is 16.7 Å². The van der Waals surface area contributed by atoms with Crippen molar-refractivity contribution >= 4 is 35.0 Å². The van der Waals surface area contributed by atoms with Gasteiger partial charge in [0.15, 0.2) is 5.75 Å². The zero-order valence-electron chi connectivity index (χ0n) is 9.00. The summed E-state index contributed by atoms with van der Waals surface area (Å²) >= 11 is 13.6. The van der Waals surface area contributed by atoms with E-state index in [9.17, 15) is 5.11 Å². The lowest BCUT2D eigenvalue weighted by Crippen LogP contribution is -1.99. The zero-order chi connectivity index (χ0) is 12.0. The number of halogens is 2. The number of ether oxygens (including phenoxy) is 1. The molecule has 0 aliphatic rings. The van der Waals surface area contributed by atoms with Crippen molar-refractivity contribution in [2.75, 3.05) is 18.6 Å². The van der Waals surface area contributed by atoms with E-state index in [-0.39, 0.29) is 5.75 Å². The first-order valence-electron chi connectivity index (χ1n) is 4.95. The van der Waals surface area contributed by atoms with Gasteiger partial charge in [-0.25, -0.2) is 0 Å². The molecule has 0 aliphatic heterocycles. The van der Waals surface area contributed by atoms with Crippen LogP contribution in [0.25, 0.3) is 0 Å². The maximum Gasteiger partial charge on any atom is 0.156 e. The van der Waals surface area contributed by atoms with Gasteiger partial charge in [0, 0.05) is 12.1 Å². The highest BCUT2D eigenvalue weighted by Gasteiger charge is 2.08. The van der Waals surface area contributed by atoms with E-state index in [1.807, 2.05) is 11.8 Å². The molecule has 0 saturated heterocycles. The number of unbranched alkanes of at least 4 members (excludes halogenated alkanes) is 1. The van der Waals surface area contributed by atoms with Crippen molar-refractivity contribution in [1.29, 1.82) is 0 Å². The van der Waals surface area contributed by atoms with Gasteiger partial charge in [-0.15, -0.1) is 0 Å². The van der Waals surface area contributed by atoms with E-state index in [0.717, 1.165) is 18.6 Å². The molecule has 0 spiro atoms. The average Bonchev–Trinajstić information content (AvgIpc) is 2.20. The second-order valence-corrected chi connectivity index (χ2v) is 5.09. The maximum atomic E-state index is 9.23. The Labute approximate surface area is 110 Å². The predicted octanol–water partition coefficient (Wildman–Crippen LogP) is 4.22. The summed E-state index contributed by atoms with van der Waals surface area (Å²) in [6, 6.07) is 2.84. The Hall–Kier alpha value is -0.250. The second kappa shape index (κ2) is 7.15. The molecule has 0 saturated carbocycles. The van der Waals surface area contributed by atoms with E-state index in [4.69, 9.17) is 27.9 Å². The smallest absolute Gasteiger partial charge is 0.156 e. The van der Waals surface area contributed by atoms with Gasteiger partial charge in [-0.3, -0.25) is 0 Å². The van der Waals surface area contributed by atoms with E-state index in [2.05, 4.69) is 6.26 Å². The standard InChI is InChI=1S/C11H14Cl2O2S/c1-16-5-3-2-4-15-11-9(12)6-8(14)7-10(11)13/h6-7,14H,2-5H2,1H3. The quantitative estimate of drug-likeness (QED) is 0.791. The highest BCUT2D eigenvalue weighted by molar-refractivity contribution is 7.98. The van der Waals surface area contributed by atoms with E-state index in [0.29, 0.717) is 22.4 Å². The van der Waals surface area contributed by atoms with Gasteiger partial charge in [-0.05, 0) is 24.9 Å². The summed E-state index contributed by atoms with van der Waals surface area (Å²) in [7, 11) is 0. The molecule has 5 heteroatoms. The number of rotatable bonds is 6. The molecular weight excluding hydrogens is 267 g/mol. The number of hydrogen-bond acceptors (Lipinski definition) is 3. The molecule has 0 amide bonds. The third-order valence-electron chi connectivity index (χ3n) is 1.97. The molecule has 0 radical (unpaired) electrons. The number of phenols is 1. The highest BCUT2D eigenvalue weighted by Crippen LogP contribution is 2.36. The fraction of sp³-hybridized carbons (Fsp3) is 0.455. The molecule has 0 bridgehead atoms. The van der Waals surface area contributed by atoms with E-state index in [1.165, 1.54) is 12.1 Å². The summed E-state index contributed by atoms with van der Waals surface area (Å²) in [6.45, 7) is 0.588. The lowest BCUT2D eigenvalue weighted by molar-refractivity contribution is 0.309. The van der Waals surface area contributed by atoms with Crippen LogP contribution in [0, 0.1) is 0 Å². The SMILES string of the molecule is CSCCCCOc1c(Cl)cc(O)cc1Cl. The van der Waals surface area contributed by atoms with Gasteiger partial charge in [0.1, 0.15) is 5.75 Å². The van der Waals surface area contributed by atoms with Gasteiger partial charge >= 0.3 is 0 Å². The summed E-state index contributed by atoms with van der Waals surface area (Å²) in [4.78, 5) is 0. The Kier molecular flexibility index (Phi) is 6.17. The van der Waals surface area contributed by atoms with Crippen LogP contribution in [-0.4, -0.2) is 23.7 Å². The molecule has 1 aromatic rings. The normalized spacial score (nSPS) is 10.4. The first-order chi connectivity index (χ1) is 7.65. The van der Waals surface area contributed by atoms with Crippen LogP contribution in [0.3, 0.4) is 0 Å². The number of aromatic hydroxyl groups is 1. The van der Waals surface area contributed by atoms with Crippen LogP contribution in [0.15, 0.2) is 12.1 Å². The minimum atomic E-state index is 0.0460. The van der Waals surface area contributed by atoms with Crippen LogP contribution in [0.2, 0.25) is 10.0 Å². The number of hydrogen-bond donors (Lipinski definition) is 1. The molecule has 0 heterocycles. The lowest BCUT2D eigenvalue weighted by Gasteiger charge is -2.09. The average molecular weight is 281 g/mol. The molecule has 2 nitrogen and oxygen atoms in total. The summed E-state index contributed by atoms with van der Waals surface area (Å²) in [5.74, 6) is 1.62. The molecule has 1 N–H and O–H groups in total. The van der Waals surface area contributed by atoms with Crippen molar-refractivity contribution in [3.05, 3.63) is 22.2 Å². The summed E-state index contributed by atoms with van der Waals surface area (Å²) < 4.78 is 5.48. The van der Waals surface area contributed by atoms with Crippen LogP contribution in [0.5, 0.6) is 11.5 Å². The Bertz CT molecular complexity index is 322. The zero-order valence-corrected chi connectivity index (χ0v) is 11.3. The molecular formula is C11H14Cl2O2S. The van der Waals surface area contributed by atoms with E-state index >= 15 is 0 Å². The molecule has 16 heavy (non-hydrogen) atoms. The van der Waals surface area contributed by atoms with Gasteiger partial charge in [0.2, 0.25) is 0 Å². The number of phenolic OH excluding ortho intramolecular Hbond substituents is 1. The molecule has 1 rings (SSSR count). The van der Waals surface area contributed by atoms with Crippen molar-refractivity contribution in [3.63, 3.8) is 0 Å². The summed E-state index contributed by atoms with van der Waals surface area (Å²) in [6.07, 6.45) is 4.15. The van der Waals surface area contributed by atoms with E-state index in [1.54, 1.807) is 0 Å². The van der Waals surface area contributed by atoms with Gasteiger partial charge in [-0.1, -0.05) is 23.2 Å². The monoisotopic (exact) mass is 280 g/mol. The van der Waals surface area contributed by atoms with Gasteiger partial charge in [-0.2, -0.15) is 11.8 Å². The van der Waals surface area contributed by atoms with Crippen molar-refractivity contribution in [3.8, 4) is 11.5 Å². The Morgan fingerprint density at radius 2 is 1.88 bits per heavy atom. The van der Waals surface area contributed by atoms with Crippen LogP contribution < -0.4 is 4.74 Å². The third kappa shape index (κ3) is 4.32. The van der Waals surface area contributed by atoms with E-state index < -0.39 is 0 Å². The topological polar surface area (TPSA) is 29.5 Å². The highest BCUT2D eigenvalue weighted by atomic mass is 35.5. The number of benzene rings is 1. The van der Waals surface area contributed by atoms with Crippen molar-refractivity contribution in [2.24, 2.45) is 0 Å². The first kappa shape index (κ1) is 13.8. The van der Waals surface area contributed by atoms with Crippen molar-refractivity contribution in [2.45, 2.75) is 12.8 Å². The molecule has 0 aliphatic carbocycles. The van der Waals surface area contributed by atoms with Crippen molar-refractivity contribution in [1.82, 2.24) is 0 Å². The Balaban J connectivity index is 2.47. The fourth-order valence-corrected chi connectivity index (χ4v) is 2.28. The number of thioether (sulfide) groups is 1. The molecule has 0 aromatic heterocycles. The van der Waals surface area contributed by atoms with Crippen LogP contribution in [-0.2, 0) is 0 Å². The second-order valence-electron chi connectivity index (χ2n) is 3.29. The maximum absolute atomic E-state index is 9.23. The first-order valence-corrected chi connectivity index (χ1v) is 7.10. The lowest BCUT2D eigenvalue weighted by atomic mass is 10.3. The molecule has 1 aromatic carbocycles. The summed E-state index contributed by atoms with van der Waals surface area (Å²) in [5, 5.41) is 9.92. The summed E-state index contributed by atoms with van der Waals surface area (Å²) in [5.41, 5.74) is 0. The van der Waals surface area contributed by atoms with Gasteiger partial charge < -0.3 is 9.84 Å². The largest absolute Gasteiger partial charge is 0.508 e. The van der Waals surface area contributed by atoms with Crippen molar-refractivity contribution < 1.29 is 9.84 Å². The minimum absolute atomic E-state index is 0.0460.